The third-order valence-corrected chi connectivity index (χ3v) is 2.46. The first kappa shape index (κ1) is 13.1. The van der Waals surface area contributed by atoms with Crippen molar-refractivity contribution in [2.24, 2.45) is 0 Å². The average Bonchev–Trinajstić information content (AvgIpc) is 2.61. The predicted molar refractivity (Wildman–Crippen MR) is 62.3 cm³/mol. The molecule has 0 aromatic carbocycles. The van der Waals surface area contributed by atoms with Gasteiger partial charge in [0.25, 0.3) is 5.91 Å². The highest BCUT2D eigenvalue weighted by Crippen LogP contribution is 2.19. The second-order valence-corrected chi connectivity index (χ2v) is 5.54. The Labute approximate surface area is 99.3 Å². The zero-order valence-corrected chi connectivity index (χ0v) is 11.0. The molecule has 1 N–H and O–H groups in total. The Morgan fingerprint density at radius 3 is 2.56 bits per heavy atom. The molecule has 0 spiro atoms. The van der Waals surface area contributed by atoms with Crippen molar-refractivity contribution in [2.45, 2.75) is 46.1 Å². The maximum atomic E-state index is 11.8. The van der Waals surface area contributed by atoms with Crippen LogP contribution in [0, 0.1) is 0 Å². The third-order valence-electron chi connectivity index (χ3n) is 1.72. The molecule has 90 valence electrons. The van der Waals surface area contributed by atoms with E-state index in [-0.39, 0.29) is 11.8 Å². The van der Waals surface area contributed by atoms with Gasteiger partial charge in [-0.2, -0.15) is 0 Å². The number of carbonyl (C=O) groups excluding carboxylic acids is 1. The number of nitrogens with zero attached hydrogens (tertiary/aromatic N) is 2. The minimum absolute atomic E-state index is 0.175. The number of nitrogens with one attached hydrogen (secondary N) is 1. The fraction of sp³-hybridized carbons (Fsp3) is 0.700. The quantitative estimate of drug-likeness (QED) is 0.826. The normalized spacial score (nSPS) is 11.9. The van der Waals surface area contributed by atoms with Gasteiger partial charge in [-0.25, -0.2) is 5.48 Å². The summed E-state index contributed by atoms with van der Waals surface area (Å²) in [5.74, 6) is -0.109. The first-order valence-corrected chi connectivity index (χ1v) is 5.89. The van der Waals surface area contributed by atoms with Gasteiger partial charge in [0, 0.05) is 0 Å². The van der Waals surface area contributed by atoms with Crippen LogP contribution < -0.4 is 5.48 Å². The van der Waals surface area contributed by atoms with Gasteiger partial charge in [0.15, 0.2) is 0 Å². The molecule has 0 bridgehead atoms. The van der Waals surface area contributed by atoms with Crippen LogP contribution in [0.3, 0.4) is 0 Å². The second kappa shape index (κ2) is 4.88. The smallest absolute Gasteiger partial charge is 0.268 e. The Morgan fingerprint density at radius 1 is 1.44 bits per heavy atom. The molecule has 1 amide bonds. The Bertz CT molecular complexity index is 368. The van der Waals surface area contributed by atoms with Crippen molar-refractivity contribution in [3.63, 3.8) is 0 Å². The Balaban J connectivity index is 2.70. The van der Waals surface area contributed by atoms with E-state index in [9.17, 15) is 4.79 Å². The highest BCUT2D eigenvalue weighted by atomic mass is 32.1. The molecule has 0 saturated carbocycles. The van der Waals surface area contributed by atoms with E-state index in [2.05, 4.69) is 15.1 Å². The summed E-state index contributed by atoms with van der Waals surface area (Å²) < 4.78 is 3.78. The largest absolute Gasteiger partial charge is 0.288 e. The summed E-state index contributed by atoms with van der Waals surface area (Å²) in [6.07, 6.45) is 0. The van der Waals surface area contributed by atoms with Crippen LogP contribution in [-0.4, -0.2) is 21.1 Å². The van der Waals surface area contributed by atoms with E-state index in [0.717, 1.165) is 11.5 Å². The molecule has 0 aliphatic rings. The molecule has 1 heterocycles. The Morgan fingerprint density at radius 2 is 2.06 bits per heavy atom. The summed E-state index contributed by atoms with van der Waals surface area (Å²) in [4.78, 5) is 17.5. The Kier molecular flexibility index (Phi) is 3.98. The van der Waals surface area contributed by atoms with Gasteiger partial charge in [-0.1, -0.05) is 18.3 Å². The van der Waals surface area contributed by atoms with Gasteiger partial charge < -0.3 is 0 Å². The molecule has 16 heavy (non-hydrogen) atoms. The first-order valence-electron chi connectivity index (χ1n) is 5.12. The zero-order chi connectivity index (χ0) is 12.3. The molecule has 5 nitrogen and oxygen atoms in total. The summed E-state index contributed by atoms with van der Waals surface area (Å²) in [7, 11) is 0. The summed E-state index contributed by atoms with van der Waals surface area (Å²) >= 11 is 1.08. The SMILES string of the molecule is CC(C)c1nnsc1C(=O)NOC(C)(C)C. The van der Waals surface area contributed by atoms with Gasteiger partial charge in [0.2, 0.25) is 0 Å². The molecule has 0 radical (unpaired) electrons. The molecule has 0 aliphatic carbocycles. The molecule has 0 atom stereocenters. The van der Waals surface area contributed by atoms with E-state index >= 15 is 0 Å². The van der Waals surface area contributed by atoms with Gasteiger partial charge in [0.05, 0.1) is 11.3 Å². The number of hydrogen-bond donors (Lipinski definition) is 1. The fourth-order valence-corrected chi connectivity index (χ4v) is 1.68. The van der Waals surface area contributed by atoms with Crippen LogP contribution in [0.2, 0.25) is 0 Å². The van der Waals surface area contributed by atoms with Crippen molar-refractivity contribution in [3.05, 3.63) is 10.6 Å². The van der Waals surface area contributed by atoms with Crippen LogP contribution in [0.4, 0.5) is 0 Å². The molecular formula is C10H17N3O2S. The highest BCUT2D eigenvalue weighted by molar-refractivity contribution is 7.08. The van der Waals surface area contributed by atoms with Gasteiger partial charge in [-0.15, -0.1) is 5.10 Å². The number of aromatic nitrogens is 2. The number of rotatable bonds is 3. The van der Waals surface area contributed by atoms with Crippen LogP contribution in [-0.2, 0) is 4.84 Å². The molecular weight excluding hydrogens is 226 g/mol. The van der Waals surface area contributed by atoms with E-state index in [1.807, 2.05) is 34.6 Å². The molecule has 6 heteroatoms. The molecule has 0 unspecified atom stereocenters. The van der Waals surface area contributed by atoms with Crippen molar-refractivity contribution in [3.8, 4) is 0 Å². The van der Waals surface area contributed by atoms with Gasteiger partial charge in [-0.05, 0) is 38.2 Å². The number of carbonyl (C=O) groups is 1. The molecule has 0 aliphatic heterocycles. The maximum absolute atomic E-state index is 11.8. The third kappa shape index (κ3) is 3.53. The van der Waals surface area contributed by atoms with Crippen molar-refractivity contribution >= 4 is 17.4 Å². The zero-order valence-electron chi connectivity index (χ0n) is 10.2. The average molecular weight is 243 g/mol. The van der Waals surface area contributed by atoms with E-state index in [4.69, 9.17) is 4.84 Å². The number of hydrogen-bond acceptors (Lipinski definition) is 5. The summed E-state index contributed by atoms with van der Waals surface area (Å²) in [6.45, 7) is 9.53. The number of amides is 1. The van der Waals surface area contributed by atoms with E-state index in [0.29, 0.717) is 10.6 Å². The minimum Gasteiger partial charge on any atom is -0.268 e. The van der Waals surface area contributed by atoms with Gasteiger partial charge in [-0.3, -0.25) is 9.63 Å². The maximum Gasteiger partial charge on any atom is 0.288 e. The van der Waals surface area contributed by atoms with Crippen LogP contribution in [0.5, 0.6) is 0 Å². The summed E-state index contributed by atoms with van der Waals surface area (Å²) in [5.41, 5.74) is 2.71. The van der Waals surface area contributed by atoms with Crippen LogP contribution in [0.1, 0.15) is 55.9 Å². The monoisotopic (exact) mass is 243 g/mol. The summed E-state index contributed by atoms with van der Waals surface area (Å²) in [6, 6.07) is 0. The van der Waals surface area contributed by atoms with Crippen molar-refractivity contribution in [1.82, 2.24) is 15.1 Å². The lowest BCUT2D eigenvalue weighted by atomic mass is 10.1. The lowest BCUT2D eigenvalue weighted by Gasteiger charge is -2.18. The van der Waals surface area contributed by atoms with E-state index in [1.54, 1.807) is 0 Å². The topological polar surface area (TPSA) is 64.1 Å². The summed E-state index contributed by atoms with van der Waals surface area (Å²) in [5, 5.41) is 3.93. The highest BCUT2D eigenvalue weighted by Gasteiger charge is 2.20. The van der Waals surface area contributed by atoms with Crippen molar-refractivity contribution < 1.29 is 9.63 Å². The van der Waals surface area contributed by atoms with Crippen LogP contribution >= 0.6 is 11.5 Å². The van der Waals surface area contributed by atoms with Gasteiger partial charge >= 0.3 is 0 Å². The number of hydroxylamine groups is 1. The standard InChI is InChI=1S/C10H17N3O2S/c1-6(2)7-8(16-13-11-7)9(14)12-15-10(3,4)5/h6H,1-5H3,(H,12,14). The lowest BCUT2D eigenvalue weighted by Crippen LogP contribution is -2.33. The van der Waals surface area contributed by atoms with Gasteiger partial charge in [0.1, 0.15) is 4.88 Å². The molecule has 0 saturated heterocycles. The van der Waals surface area contributed by atoms with E-state index < -0.39 is 5.60 Å². The van der Waals surface area contributed by atoms with Crippen LogP contribution in [0.25, 0.3) is 0 Å². The van der Waals surface area contributed by atoms with Crippen LogP contribution in [0.15, 0.2) is 0 Å². The van der Waals surface area contributed by atoms with Crippen molar-refractivity contribution in [1.29, 1.82) is 0 Å². The van der Waals surface area contributed by atoms with Crippen molar-refractivity contribution in [2.75, 3.05) is 0 Å². The van der Waals surface area contributed by atoms with E-state index in [1.165, 1.54) is 0 Å². The molecule has 1 aromatic heterocycles. The lowest BCUT2D eigenvalue weighted by molar-refractivity contribution is -0.0588. The molecule has 0 fully saturated rings. The minimum atomic E-state index is -0.411. The predicted octanol–water partition coefficient (Wildman–Crippen LogP) is 2.12. The molecule has 1 aromatic rings. The molecule has 1 rings (SSSR count). The fourth-order valence-electron chi connectivity index (χ4n) is 0.979. The second-order valence-electron chi connectivity index (χ2n) is 4.79. The Hall–Kier alpha value is -1.01. The first-order chi connectivity index (χ1) is 7.31.